The molecule has 0 saturated heterocycles. The Morgan fingerprint density at radius 2 is 0.598 bits per heavy atom. The third-order valence-electron chi connectivity index (χ3n) is 18.9. The number of carboxylic acids is 1. The van der Waals surface area contributed by atoms with Crippen LogP contribution in [0.3, 0.4) is 0 Å². The standard InChI is InChI=1S/3C21H17FN6O2.C11H9FN2O2.C10H10N4O.CH4/c3*22-15-12-27(11-14-5-2-1-3-6-14)26-18(15)21(29)25-16-13-30-17-7-4-8-23-20(17)28-10-9-24-19(16)28;12-9-7-14(13-10(9)11(15)16)6-8-4-2-1-3-5-8;11-7-6-15-8-2-1-3-12-10(8)14-5-4-13-9(7)14;/h3*1-10,12,16H,11,13H2,(H,25,29);1-5,7H,6H2,(H,15,16);1-5,7H,6,11H2;1H4/t2*16-;;;;/m10..../s1. The lowest BCUT2D eigenvalue weighted by Crippen LogP contribution is -2.34. The summed E-state index contributed by atoms with van der Waals surface area (Å²) in [6.45, 7) is 2.27. The summed E-state index contributed by atoms with van der Waals surface area (Å²) in [6, 6.07) is 50.2. The normalized spacial score (nSPS) is 14.6. The minimum Gasteiger partial charge on any atom is -0.488 e. The number of imidazole rings is 4. The number of carbonyl (C=O) groups is 4. The van der Waals surface area contributed by atoms with Gasteiger partial charge in [0, 0.05) is 74.4 Å². The van der Waals surface area contributed by atoms with Crippen LogP contribution in [0.25, 0.3) is 23.3 Å². The van der Waals surface area contributed by atoms with Crippen molar-refractivity contribution >= 4 is 23.7 Å². The molecule has 12 aromatic heterocycles. The van der Waals surface area contributed by atoms with Crippen molar-refractivity contribution in [3.63, 3.8) is 0 Å². The third kappa shape index (κ3) is 18.5. The van der Waals surface area contributed by atoms with Crippen LogP contribution in [-0.2, 0) is 26.2 Å². The highest BCUT2D eigenvalue weighted by Gasteiger charge is 2.33. The summed E-state index contributed by atoms with van der Waals surface area (Å²) in [6.07, 6.45) is 25.0. The molecule has 16 heterocycles. The van der Waals surface area contributed by atoms with Crippen molar-refractivity contribution in [3.8, 4) is 46.3 Å². The Labute approximate surface area is 691 Å². The van der Waals surface area contributed by atoms with Crippen molar-refractivity contribution in [3.05, 3.63) is 361 Å². The van der Waals surface area contributed by atoms with Crippen LogP contribution in [0.15, 0.2) is 269 Å². The summed E-state index contributed by atoms with van der Waals surface area (Å²) in [4.78, 5) is 83.4. The number of halogens is 4. The molecule has 0 saturated carbocycles. The number of hydrogen-bond donors (Lipinski definition) is 5. The van der Waals surface area contributed by atoms with E-state index in [1.54, 1.807) is 118 Å². The van der Waals surface area contributed by atoms with Gasteiger partial charge in [0.2, 0.25) is 5.69 Å². The number of nitrogens with one attached hydrogen (secondary N) is 3. The van der Waals surface area contributed by atoms with Crippen LogP contribution in [0.4, 0.5) is 17.6 Å². The molecule has 37 heteroatoms. The number of carboxylic acid groups (broad SMARTS) is 1. The van der Waals surface area contributed by atoms with Gasteiger partial charge in [-0.2, -0.15) is 20.4 Å². The maximum atomic E-state index is 14.4. The van der Waals surface area contributed by atoms with Gasteiger partial charge < -0.3 is 45.7 Å². The molecule has 16 aromatic rings. The molecular formula is C85H74F4N24O9. The van der Waals surface area contributed by atoms with Crippen LogP contribution in [0.1, 0.15) is 119 Å². The van der Waals surface area contributed by atoms with Crippen molar-refractivity contribution in [1.82, 2.24) is 113 Å². The Hall–Kier alpha value is -16.1. The number of pyridine rings is 4. The smallest absolute Gasteiger partial charge is 0.359 e. The second kappa shape index (κ2) is 37.0. The van der Waals surface area contributed by atoms with Gasteiger partial charge in [0.05, 0.1) is 57.0 Å². The van der Waals surface area contributed by atoms with Gasteiger partial charge in [0.25, 0.3) is 17.7 Å². The predicted octanol–water partition coefficient (Wildman–Crippen LogP) is 10.6. The number of rotatable bonds is 15. The zero-order valence-electron chi connectivity index (χ0n) is 63.6. The summed E-state index contributed by atoms with van der Waals surface area (Å²) >= 11 is 0. The molecule has 3 amide bonds. The Kier molecular flexibility index (Phi) is 24.6. The van der Waals surface area contributed by atoms with Crippen LogP contribution >= 0.6 is 0 Å². The number of carbonyl (C=O) groups excluding carboxylic acids is 3. The highest BCUT2D eigenvalue weighted by atomic mass is 19.1. The summed E-state index contributed by atoms with van der Waals surface area (Å²) in [7, 11) is 0. The number of fused-ring (bicyclic) bond motifs is 12. The minimum absolute atomic E-state index is 0. The topological polar surface area (TPSA) is 382 Å². The van der Waals surface area contributed by atoms with Crippen LogP contribution in [0, 0.1) is 23.3 Å². The predicted molar refractivity (Wildman–Crippen MR) is 430 cm³/mol. The number of benzene rings is 4. The molecule has 4 aromatic carbocycles. The molecule has 20 rings (SSSR count). The Bertz CT molecular complexity index is 5860. The largest absolute Gasteiger partial charge is 0.488 e. The first-order chi connectivity index (χ1) is 59.1. The molecule has 616 valence electrons. The lowest BCUT2D eigenvalue weighted by atomic mass is 10.2. The SMILES string of the molecule is C.NC1COc2cccnc2-n2ccnc21.O=C(NC1COc2cccnc2-n2ccnc21)c1nn(Cc2ccccc2)cc1F.O=C(N[C@@H]1COc2cccnc2-n2ccnc21)c1nn(Cc2ccccc2)cc1F.O=C(N[C@H]1COc2cccnc2-n2ccnc21)c1nn(Cc2ccccc2)cc1F.O=C(O)c1nn(Cc2ccccc2)cc1F. The second-order valence-electron chi connectivity index (χ2n) is 27.2. The first-order valence-corrected chi connectivity index (χ1v) is 37.5. The molecule has 0 spiro atoms. The number of aromatic carboxylic acids is 1. The molecule has 2 unspecified atom stereocenters. The number of amides is 3. The van der Waals surface area contributed by atoms with E-state index in [0.29, 0.717) is 85.0 Å². The zero-order chi connectivity index (χ0) is 83.3. The average Bonchev–Trinajstić information content (AvgIpc) is 1.65. The quantitative estimate of drug-likeness (QED) is 0.0595. The van der Waals surface area contributed by atoms with Gasteiger partial charge in [-0.1, -0.05) is 129 Å². The summed E-state index contributed by atoms with van der Waals surface area (Å²) in [5.41, 5.74) is 8.36. The van der Waals surface area contributed by atoms with Gasteiger partial charge in [0.1, 0.15) is 67.9 Å². The first-order valence-electron chi connectivity index (χ1n) is 37.5. The van der Waals surface area contributed by atoms with E-state index >= 15 is 0 Å². The molecule has 6 N–H and O–H groups in total. The van der Waals surface area contributed by atoms with Gasteiger partial charge in [-0.15, -0.1) is 0 Å². The molecule has 4 atom stereocenters. The van der Waals surface area contributed by atoms with Gasteiger partial charge in [-0.05, 0) is 70.8 Å². The number of aromatic nitrogens is 20. The van der Waals surface area contributed by atoms with Crippen molar-refractivity contribution in [2.24, 2.45) is 5.73 Å². The first kappa shape index (κ1) is 81.1. The van der Waals surface area contributed by atoms with E-state index in [4.69, 9.17) is 29.8 Å². The summed E-state index contributed by atoms with van der Waals surface area (Å²) in [5.74, 6) is 1.24. The van der Waals surface area contributed by atoms with Crippen LogP contribution in [-0.4, -0.2) is 152 Å². The minimum atomic E-state index is -1.36. The Morgan fingerprint density at radius 3 is 0.877 bits per heavy atom. The molecule has 0 radical (unpaired) electrons. The highest BCUT2D eigenvalue weighted by molar-refractivity contribution is 5.94. The molecule has 122 heavy (non-hydrogen) atoms. The van der Waals surface area contributed by atoms with Crippen molar-refractivity contribution in [1.29, 1.82) is 0 Å². The number of ether oxygens (including phenoxy) is 4. The molecule has 4 aliphatic rings. The number of hydrogen-bond acceptors (Lipinski definition) is 21. The molecule has 0 bridgehead atoms. The maximum Gasteiger partial charge on any atom is 0.359 e. The van der Waals surface area contributed by atoms with E-state index in [1.165, 1.54) is 37.3 Å². The van der Waals surface area contributed by atoms with Crippen LogP contribution in [0.2, 0.25) is 0 Å². The molecule has 33 nitrogen and oxygen atoms in total. The van der Waals surface area contributed by atoms with Crippen molar-refractivity contribution in [2.75, 3.05) is 26.4 Å². The van der Waals surface area contributed by atoms with Crippen LogP contribution in [0.5, 0.6) is 23.0 Å². The molecule has 4 aliphatic heterocycles. The van der Waals surface area contributed by atoms with E-state index in [1.807, 2.05) is 144 Å². The van der Waals surface area contributed by atoms with E-state index in [0.717, 1.165) is 45.8 Å². The Morgan fingerprint density at radius 1 is 0.344 bits per heavy atom. The summed E-state index contributed by atoms with van der Waals surface area (Å²) in [5, 5.41) is 33.0. The number of nitrogens with two attached hydrogens (primary N) is 1. The van der Waals surface area contributed by atoms with Gasteiger partial charge in [0.15, 0.2) is 86.6 Å². The Balaban J connectivity index is 0.000000121. The van der Waals surface area contributed by atoms with Gasteiger partial charge >= 0.3 is 5.97 Å². The molecular weight excluding hydrogens is 1580 g/mol. The number of nitrogens with zero attached hydrogens (tertiary/aromatic N) is 20. The lowest BCUT2D eigenvalue weighted by Gasteiger charge is -2.15. The van der Waals surface area contributed by atoms with Crippen molar-refractivity contribution < 1.29 is 60.8 Å². The molecule has 0 aliphatic carbocycles. The monoisotopic (exact) mass is 1650 g/mol. The molecule has 0 fully saturated rings. The van der Waals surface area contributed by atoms with Crippen LogP contribution < -0.4 is 40.6 Å². The van der Waals surface area contributed by atoms with E-state index in [9.17, 15) is 36.7 Å². The van der Waals surface area contributed by atoms with Gasteiger partial charge in [-0.25, -0.2) is 62.2 Å². The fourth-order valence-electron chi connectivity index (χ4n) is 13.3. The van der Waals surface area contributed by atoms with E-state index in [2.05, 4.69) is 76.2 Å². The van der Waals surface area contributed by atoms with E-state index < -0.39 is 70.8 Å². The average molecular weight is 1650 g/mol. The lowest BCUT2D eigenvalue weighted by molar-refractivity contribution is 0.0683. The second-order valence-corrected chi connectivity index (χ2v) is 27.2. The van der Waals surface area contributed by atoms with Gasteiger partial charge in [-0.3, -0.25) is 51.4 Å². The fraction of sp³-hybridized carbons (Fsp3) is 0.153. The van der Waals surface area contributed by atoms with E-state index in [-0.39, 0.29) is 50.4 Å². The van der Waals surface area contributed by atoms with Crippen molar-refractivity contribution in [2.45, 2.75) is 57.8 Å². The third-order valence-corrected chi connectivity index (χ3v) is 18.9. The fourth-order valence-corrected chi connectivity index (χ4v) is 13.3. The summed E-state index contributed by atoms with van der Waals surface area (Å²) < 4.78 is 92.0. The zero-order valence-corrected chi connectivity index (χ0v) is 63.6. The maximum absolute atomic E-state index is 14.4. The highest BCUT2D eigenvalue weighted by Crippen LogP contribution is 2.33.